The van der Waals surface area contributed by atoms with Crippen LogP contribution in [0.4, 0.5) is 0 Å². The van der Waals surface area contributed by atoms with Crippen LogP contribution in [0.25, 0.3) is 0 Å². The monoisotopic (exact) mass is 425 g/mol. The van der Waals surface area contributed by atoms with Crippen LogP contribution in [0.2, 0.25) is 0 Å². The van der Waals surface area contributed by atoms with E-state index in [-0.39, 0.29) is 24.0 Å². The maximum Gasteiger partial charge on any atom is 0.308 e. The number of alkyl halides is 1. The molecule has 8 heteroatoms. The highest BCUT2D eigenvalue weighted by Gasteiger charge is 2.51. The Kier molecular flexibility index (Phi) is 6.42. The quantitative estimate of drug-likeness (QED) is 0.533. The van der Waals surface area contributed by atoms with Gasteiger partial charge in [0.25, 0.3) is 5.78 Å². The lowest BCUT2D eigenvalue weighted by Gasteiger charge is -2.25. The smallest absolute Gasteiger partial charge is 0.308 e. The van der Waals surface area contributed by atoms with E-state index >= 15 is 0 Å². The van der Waals surface area contributed by atoms with Gasteiger partial charge in [-0.05, 0) is 19.4 Å². The predicted octanol–water partition coefficient (Wildman–Crippen LogP) is 2.53. The van der Waals surface area contributed by atoms with Crippen molar-refractivity contribution >= 4 is 33.6 Å². The minimum absolute atomic E-state index is 0.168. The molecule has 1 atom stereocenters. The molecule has 0 spiro atoms. The fraction of sp³-hybridized carbons (Fsp3) is 0.389. The average Bonchev–Trinajstić information content (AvgIpc) is 2.84. The van der Waals surface area contributed by atoms with Gasteiger partial charge < -0.3 is 14.2 Å². The number of para-hydroxylation sites is 1. The first-order valence-corrected chi connectivity index (χ1v) is 9.11. The van der Waals surface area contributed by atoms with Crippen molar-refractivity contribution in [2.24, 2.45) is 0 Å². The average molecular weight is 426 g/mol. The van der Waals surface area contributed by atoms with E-state index < -0.39 is 17.4 Å². The fourth-order valence-electron chi connectivity index (χ4n) is 2.57. The molecule has 2 rings (SSSR count). The molecular weight excluding hydrogens is 406 g/mol. The van der Waals surface area contributed by atoms with E-state index in [1.165, 1.54) is 21.0 Å². The number of ether oxygens (including phenoxy) is 3. The lowest BCUT2D eigenvalue weighted by molar-refractivity contribution is -0.142. The first kappa shape index (κ1) is 20.0. The summed E-state index contributed by atoms with van der Waals surface area (Å²) >= 11 is 3.25. The van der Waals surface area contributed by atoms with Crippen LogP contribution in [0.15, 0.2) is 35.9 Å². The summed E-state index contributed by atoms with van der Waals surface area (Å²) in [7, 11) is 1.48. The normalized spacial score (nSPS) is 19.2. The van der Waals surface area contributed by atoms with Crippen LogP contribution in [0.1, 0.15) is 32.3 Å². The molecule has 1 aliphatic rings. The molecule has 0 saturated heterocycles. The molecular formula is C18H20BrNO6. The number of benzene rings is 1. The molecule has 0 aromatic heterocycles. The van der Waals surface area contributed by atoms with Gasteiger partial charge in [0, 0.05) is 24.2 Å². The topological polar surface area (TPSA) is 90.9 Å². The van der Waals surface area contributed by atoms with Gasteiger partial charge in [-0.15, -0.1) is 0 Å². The lowest BCUT2D eigenvalue weighted by atomic mass is 9.91. The number of hydrogen-bond donors (Lipinski definition) is 1. The largest absolute Gasteiger partial charge is 0.496 e. The summed E-state index contributed by atoms with van der Waals surface area (Å²) in [4.78, 5) is 36.4. The number of ketones is 1. The molecule has 1 unspecified atom stereocenters. The number of carbonyl (C=O) groups excluding carboxylic acids is 3. The van der Waals surface area contributed by atoms with E-state index in [2.05, 4.69) is 21.2 Å². The number of halogens is 1. The van der Waals surface area contributed by atoms with Crippen LogP contribution in [-0.4, -0.2) is 30.1 Å². The van der Waals surface area contributed by atoms with E-state index in [4.69, 9.17) is 14.2 Å². The number of amides is 1. The van der Waals surface area contributed by atoms with Crippen molar-refractivity contribution in [2.45, 2.75) is 32.3 Å². The highest BCUT2D eigenvalue weighted by atomic mass is 79.9. The third kappa shape index (κ3) is 4.07. The van der Waals surface area contributed by atoms with Crippen molar-refractivity contribution in [1.82, 2.24) is 5.32 Å². The molecule has 1 N–H and O–H groups in total. The van der Waals surface area contributed by atoms with Crippen LogP contribution >= 0.6 is 15.9 Å². The van der Waals surface area contributed by atoms with Crippen LogP contribution < -0.4 is 10.1 Å². The second-order valence-corrected chi connectivity index (χ2v) is 6.55. The minimum atomic E-state index is -1.49. The van der Waals surface area contributed by atoms with E-state index in [1.54, 1.807) is 24.3 Å². The van der Waals surface area contributed by atoms with Crippen molar-refractivity contribution in [2.75, 3.05) is 12.4 Å². The van der Waals surface area contributed by atoms with Gasteiger partial charge in [0.1, 0.15) is 5.75 Å². The van der Waals surface area contributed by atoms with Crippen molar-refractivity contribution in [3.63, 3.8) is 0 Å². The van der Waals surface area contributed by atoms with E-state index in [0.29, 0.717) is 23.1 Å². The van der Waals surface area contributed by atoms with Crippen LogP contribution in [0, 0.1) is 0 Å². The Bertz CT molecular complexity index is 760. The molecule has 7 nitrogen and oxygen atoms in total. The molecule has 1 heterocycles. The number of carbonyl (C=O) groups is 3. The Labute approximate surface area is 159 Å². The molecule has 1 amide bonds. The number of esters is 1. The summed E-state index contributed by atoms with van der Waals surface area (Å²) < 4.78 is 16.1. The zero-order valence-electron chi connectivity index (χ0n) is 14.8. The van der Waals surface area contributed by atoms with Crippen LogP contribution in [0.3, 0.4) is 0 Å². The number of rotatable bonds is 7. The van der Waals surface area contributed by atoms with Crippen molar-refractivity contribution in [1.29, 1.82) is 0 Å². The van der Waals surface area contributed by atoms with Gasteiger partial charge in [-0.1, -0.05) is 34.1 Å². The molecule has 1 aliphatic heterocycles. The van der Waals surface area contributed by atoms with Crippen molar-refractivity contribution in [3.8, 4) is 5.75 Å². The van der Waals surface area contributed by atoms with Crippen molar-refractivity contribution < 1.29 is 28.6 Å². The maximum atomic E-state index is 13.0. The Hall–Kier alpha value is -2.35. The summed E-state index contributed by atoms with van der Waals surface area (Å²) in [5.41, 5.74) is -1.03. The maximum absolute atomic E-state index is 13.0. The Morgan fingerprint density at radius 2 is 2.00 bits per heavy atom. The standard InChI is InChI=1S/C18H20BrNO6/c1-11(21)25-15-16(23)18(2,12-7-4-5-8-13(12)24-3)26-17(15)20-14(22)9-6-10-19/h4-5,7-8H,6,9-10H2,1-3H3,(H,20,22). The van der Waals surface area contributed by atoms with Gasteiger partial charge in [0.2, 0.25) is 23.2 Å². The predicted molar refractivity (Wildman–Crippen MR) is 96.4 cm³/mol. The van der Waals surface area contributed by atoms with Gasteiger partial charge in [-0.2, -0.15) is 0 Å². The van der Waals surface area contributed by atoms with E-state index in [9.17, 15) is 14.4 Å². The second kappa shape index (κ2) is 8.35. The summed E-state index contributed by atoms with van der Waals surface area (Å²) in [6.07, 6.45) is 0.838. The Morgan fingerprint density at radius 1 is 1.31 bits per heavy atom. The van der Waals surface area contributed by atoms with Gasteiger partial charge in [-0.3, -0.25) is 19.7 Å². The van der Waals surface area contributed by atoms with Gasteiger partial charge >= 0.3 is 5.97 Å². The van der Waals surface area contributed by atoms with Crippen LogP contribution in [0.5, 0.6) is 5.75 Å². The number of nitrogens with one attached hydrogen (secondary N) is 1. The highest BCUT2D eigenvalue weighted by molar-refractivity contribution is 9.09. The zero-order valence-corrected chi connectivity index (χ0v) is 16.3. The molecule has 140 valence electrons. The summed E-state index contributed by atoms with van der Waals surface area (Å²) in [5, 5.41) is 3.18. The third-order valence-corrected chi connectivity index (χ3v) is 4.37. The van der Waals surface area contributed by atoms with E-state index in [0.717, 1.165) is 0 Å². The van der Waals surface area contributed by atoms with Gasteiger partial charge in [0.05, 0.1) is 7.11 Å². The Balaban J connectivity index is 2.38. The van der Waals surface area contributed by atoms with E-state index in [1.807, 2.05) is 0 Å². The number of methoxy groups -OCH3 is 1. The molecule has 0 aliphatic carbocycles. The minimum Gasteiger partial charge on any atom is -0.496 e. The summed E-state index contributed by atoms with van der Waals surface area (Å²) in [6.45, 7) is 2.71. The summed E-state index contributed by atoms with van der Waals surface area (Å²) in [6, 6.07) is 6.86. The molecule has 0 saturated carbocycles. The van der Waals surface area contributed by atoms with Crippen molar-refractivity contribution in [3.05, 3.63) is 41.5 Å². The molecule has 0 radical (unpaired) electrons. The SMILES string of the molecule is COc1ccccc1C1(C)OC(NC(=O)CCCBr)=C(OC(C)=O)C1=O. The molecule has 1 aromatic rings. The van der Waals surface area contributed by atoms with Crippen LogP contribution in [-0.2, 0) is 29.5 Å². The van der Waals surface area contributed by atoms with Gasteiger partial charge in [-0.25, -0.2) is 0 Å². The first-order valence-electron chi connectivity index (χ1n) is 7.99. The number of Topliss-reactive ketones (excluding diaryl/α,β-unsaturated/α-hetero) is 1. The second-order valence-electron chi connectivity index (χ2n) is 5.76. The molecule has 0 fully saturated rings. The fourth-order valence-corrected chi connectivity index (χ4v) is 2.85. The van der Waals surface area contributed by atoms with Gasteiger partial charge in [0.15, 0.2) is 0 Å². The third-order valence-electron chi connectivity index (χ3n) is 3.81. The highest BCUT2D eigenvalue weighted by Crippen LogP contribution is 2.42. The lowest BCUT2D eigenvalue weighted by Crippen LogP contribution is -2.33. The Morgan fingerprint density at radius 3 is 2.62 bits per heavy atom. The zero-order chi connectivity index (χ0) is 19.3. The summed E-state index contributed by atoms with van der Waals surface area (Å²) in [5.74, 6) is -1.66. The molecule has 26 heavy (non-hydrogen) atoms. The first-order chi connectivity index (χ1) is 12.3. The molecule has 1 aromatic carbocycles. The molecule has 0 bridgehead atoms. The number of hydrogen-bond acceptors (Lipinski definition) is 6.